The summed E-state index contributed by atoms with van der Waals surface area (Å²) in [7, 11) is 1.93. The van der Waals surface area contributed by atoms with Gasteiger partial charge in [0.05, 0.1) is 5.75 Å². The van der Waals surface area contributed by atoms with Gasteiger partial charge < -0.3 is 19.2 Å². The van der Waals surface area contributed by atoms with E-state index in [2.05, 4.69) is 10.3 Å². The third kappa shape index (κ3) is 5.63. The zero-order valence-electron chi connectivity index (χ0n) is 15.6. The van der Waals surface area contributed by atoms with E-state index in [4.69, 9.17) is 4.42 Å². The Bertz CT molecular complexity index is 763. The molecule has 0 radical (unpaired) electrons. The first-order valence-electron chi connectivity index (χ1n) is 9.38. The van der Waals surface area contributed by atoms with Crippen molar-refractivity contribution in [3.8, 4) is 0 Å². The zero-order chi connectivity index (χ0) is 19.1. The number of amides is 2. The van der Waals surface area contributed by atoms with Gasteiger partial charge in [-0.1, -0.05) is 24.6 Å². The van der Waals surface area contributed by atoms with E-state index in [1.54, 1.807) is 30.1 Å². The Labute approximate surface area is 163 Å². The molecule has 1 N–H and O–H groups in total. The van der Waals surface area contributed by atoms with Crippen molar-refractivity contribution in [2.75, 3.05) is 19.6 Å². The predicted octanol–water partition coefficient (Wildman–Crippen LogP) is 2.83. The molecule has 146 valence electrons. The highest BCUT2D eigenvalue weighted by molar-refractivity contribution is 7.98. The molecule has 0 aliphatic carbocycles. The Morgan fingerprint density at radius 1 is 1.22 bits per heavy atom. The Balaban J connectivity index is 1.41. The number of aryl methyl sites for hydroxylation is 1. The average Bonchev–Trinajstić information content (AvgIpc) is 3.20. The molecule has 0 spiro atoms. The first kappa shape index (κ1) is 19.5. The van der Waals surface area contributed by atoms with Crippen LogP contribution in [0.15, 0.2) is 34.1 Å². The van der Waals surface area contributed by atoms with Crippen molar-refractivity contribution >= 4 is 23.6 Å². The molecule has 0 atom stereocenters. The Morgan fingerprint density at radius 2 is 2.00 bits per heavy atom. The fourth-order valence-corrected chi connectivity index (χ4v) is 3.88. The molecule has 0 unspecified atom stereocenters. The van der Waals surface area contributed by atoms with Gasteiger partial charge in [0.2, 0.25) is 5.91 Å². The fourth-order valence-electron chi connectivity index (χ4n) is 3.05. The van der Waals surface area contributed by atoms with Crippen LogP contribution in [0.3, 0.4) is 0 Å². The molecule has 8 heteroatoms. The van der Waals surface area contributed by atoms with Crippen molar-refractivity contribution in [1.82, 2.24) is 19.8 Å². The number of nitrogens with one attached hydrogen (secondary N) is 1. The molecular formula is C19H26N4O3S. The second kappa shape index (κ2) is 9.64. The van der Waals surface area contributed by atoms with Crippen LogP contribution in [0.25, 0.3) is 0 Å². The number of rotatable bonds is 7. The van der Waals surface area contributed by atoms with E-state index in [-0.39, 0.29) is 17.6 Å². The summed E-state index contributed by atoms with van der Waals surface area (Å²) in [5, 5.41) is 3.67. The minimum absolute atomic E-state index is 0.115. The quantitative estimate of drug-likeness (QED) is 0.736. The number of hydrogen-bond donors (Lipinski definition) is 1. The number of hydrogen-bond acceptors (Lipinski definition) is 5. The Kier molecular flexibility index (Phi) is 6.98. The summed E-state index contributed by atoms with van der Waals surface area (Å²) < 4.78 is 7.54. The second-order valence-electron chi connectivity index (χ2n) is 6.68. The topological polar surface area (TPSA) is 80.4 Å². The number of aromatic nitrogens is 2. The zero-order valence-corrected chi connectivity index (χ0v) is 16.5. The van der Waals surface area contributed by atoms with Gasteiger partial charge >= 0.3 is 0 Å². The molecule has 1 aliphatic heterocycles. The Morgan fingerprint density at radius 3 is 2.70 bits per heavy atom. The van der Waals surface area contributed by atoms with E-state index < -0.39 is 0 Å². The summed E-state index contributed by atoms with van der Waals surface area (Å²) in [4.78, 5) is 30.6. The number of carbonyl (C=O) groups is 2. The maximum atomic E-state index is 12.2. The standard InChI is InChI=1S/C19H26N4O3S/c1-22-13-10-21-19(22)27-14-15-6-7-16(26-15)18(25)20-9-8-17(24)23-11-4-2-3-5-12-23/h6-7,10,13H,2-5,8-9,11-12,14H2,1H3,(H,20,25). The largest absolute Gasteiger partial charge is 0.455 e. The average molecular weight is 391 g/mol. The highest BCUT2D eigenvalue weighted by Crippen LogP contribution is 2.21. The van der Waals surface area contributed by atoms with Gasteiger partial charge in [0, 0.05) is 45.5 Å². The van der Waals surface area contributed by atoms with E-state index in [0.717, 1.165) is 31.1 Å². The summed E-state index contributed by atoms with van der Waals surface area (Å²) in [6.45, 7) is 2.00. The molecule has 3 rings (SSSR count). The summed E-state index contributed by atoms with van der Waals surface area (Å²) in [6.07, 6.45) is 8.49. The molecule has 2 amide bonds. The lowest BCUT2D eigenvalue weighted by molar-refractivity contribution is -0.131. The Hall–Kier alpha value is -2.22. The molecule has 0 aromatic carbocycles. The minimum atomic E-state index is -0.285. The monoisotopic (exact) mass is 390 g/mol. The minimum Gasteiger partial charge on any atom is -0.455 e. The van der Waals surface area contributed by atoms with Crippen molar-refractivity contribution in [3.63, 3.8) is 0 Å². The van der Waals surface area contributed by atoms with Crippen molar-refractivity contribution in [1.29, 1.82) is 0 Å². The molecule has 1 saturated heterocycles. The number of furan rings is 1. The number of imidazole rings is 1. The van der Waals surface area contributed by atoms with Gasteiger partial charge in [-0.3, -0.25) is 9.59 Å². The van der Waals surface area contributed by atoms with Gasteiger partial charge in [0.15, 0.2) is 10.9 Å². The third-order valence-corrected chi connectivity index (χ3v) is 5.67. The molecule has 3 heterocycles. The van der Waals surface area contributed by atoms with Gasteiger partial charge in [0.1, 0.15) is 5.76 Å². The molecule has 1 fully saturated rings. The van der Waals surface area contributed by atoms with Crippen LogP contribution in [0, 0.1) is 0 Å². The number of thioether (sulfide) groups is 1. The van der Waals surface area contributed by atoms with Crippen molar-refractivity contribution in [2.24, 2.45) is 7.05 Å². The van der Waals surface area contributed by atoms with Gasteiger partial charge in [0.25, 0.3) is 5.91 Å². The van der Waals surface area contributed by atoms with Crippen molar-refractivity contribution in [3.05, 3.63) is 36.0 Å². The third-order valence-electron chi connectivity index (χ3n) is 4.59. The first-order valence-corrected chi connectivity index (χ1v) is 10.4. The fraction of sp³-hybridized carbons (Fsp3) is 0.526. The van der Waals surface area contributed by atoms with Crippen LogP contribution in [0.4, 0.5) is 0 Å². The van der Waals surface area contributed by atoms with Crippen LogP contribution in [0.5, 0.6) is 0 Å². The van der Waals surface area contributed by atoms with E-state index in [1.807, 2.05) is 22.7 Å². The molecule has 0 saturated carbocycles. The maximum absolute atomic E-state index is 12.2. The van der Waals surface area contributed by atoms with Crippen LogP contribution < -0.4 is 5.32 Å². The van der Waals surface area contributed by atoms with E-state index >= 15 is 0 Å². The van der Waals surface area contributed by atoms with E-state index in [9.17, 15) is 9.59 Å². The smallest absolute Gasteiger partial charge is 0.287 e. The van der Waals surface area contributed by atoms with Crippen LogP contribution >= 0.6 is 11.8 Å². The van der Waals surface area contributed by atoms with Gasteiger partial charge in [-0.15, -0.1) is 0 Å². The molecular weight excluding hydrogens is 364 g/mol. The number of carbonyl (C=O) groups excluding carboxylic acids is 2. The maximum Gasteiger partial charge on any atom is 0.287 e. The van der Waals surface area contributed by atoms with E-state index in [1.165, 1.54) is 12.8 Å². The summed E-state index contributed by atoms with van der Waals surface area (Å²) in [6, 6.07) is 3.47. The summed E-state index contributed by atoms with van der Waals surface area (Å²) in [5.74, 6) is 1.42. The predicted molar refractivity (Wildman–Crippen MR) is 103 cm³/mol. The van der Waals surface area contributed by atoms with Crippen LogP contribution in [0.2, 0.25) is 0 Å². The molecule has 2 aromatic rings. The molecule has 0 bridgehead atoms. The number of nitrogens with zero attached hydrogens (tertiary/aromatic N) is 3. The highest BCUT2D eigenvalue weighted by atomic mass is 32.2. The van der Waals surface area contributed by atoms with E-state index in [0.29, 0.717) is 24.5 Å². The summed E-state index contributed by atoms with van der Waals surface area (Å²) >= 11 is 1.55. The van der Waals surface area contributed by atoms with Gasteiger partial charge in [-0.2, -0.15) is 0 Å². The lowest BCUT2D eigenvalue weighted by Gasteiger charge is -2.20. The van der Waals surface area contributed by atoms with Crippen LogP contribution in [0.1, 0.15) is 48.4 Å². The molecule has 2 aromatic heterocycles. The molecule has 27 heavy (non-hydrogen) atoms. The molecule has 1 aliphatic rings. The van der Waals surface area contributed by atoms with Crippen LogP contribution in [-0.2, 0) is 17.6 Å². The van der Waals surface area contributed by atoms with Gasteiger partial charge in [-0.05, 0) is 25.0 Å². The van der Waals surface area contributed by atoms with Crippen molar-refractivity contribution in [2.45, 2.75) is 43.0 Å². The lowest BCUT2D eigenvalue weighted by atomic mass is 10.2. The first-order chi connectivity index (χ1) is 13.1. The van der Waals surface area contributed by atoms with Gasteiger partial charge in [-0.25, -0.2) is 4.98 Å². The summed E-state index contributed by atoms with van der Waals surface area (Å²) in [5.41, 5.74) is 0. The van der Waals surface area contributed by atoms with Crippen molar-refractivity contribution < 1.29 is 14.0 Å². The lowest BCUT2D eigenvalue weighted by Crippen LogP contribution is -2.35. The highest BCUT2D eigenvalue weighted by Gasteiger charge is 2.16. The van der Waals surface area contributed by atoms with Crippen LogP contribution in [-0.4, -0.2) is 45.9 Å². The number of likely N-dealkylation sites (tertiary alicyclic amines) is 1. The molecule has 7 nitrogen and oxygen atoms in total. The normalized spacial score (nSPS) is 14.8. The SMILES string of the molecule is Cn1ccnc1SCc1ccc(C(=O)NCCC(=O)N2CCCCCC2)o1. The second-order valence-corrected chi connectivity index (χ2v) is 7.62.